The zero-order chi connectivity index (χ0) is 28.4. The average Bonchev–Trinajstić information content (AvgIpc) is 3.45. The van der Waals surface area contributed by atoms with Gasteiger partial charge in [-0.2, -0.15) is 0 Å². The first-order valence-corrected chi connectivity index (χ1v) is 14.3. The van der Waals surface area contributed by atoms with Gasteiger partial charge in [-0.1, -0.05) is 22.6 Å². The van der Waals surface area contributed by atoms with Crippen LogP contribution in [0.15, 0.2) is 34.9 Å². The molecule has 7 rings (SSSR count). The first kappa shape index (κ1) is 26.0. The quantitative estimate of drug-likeness (QED) is 0.241. The Morgan fingerprint density at radius 3 is 2.37 bits per heavy atom. The van der Waals surface area contributed by atoms with Gasteiger partial charge in [0.2, 0.25) is 0 Å². The van der Waals surface area contributed by atoms with E-state index in [1.54, 1.807) is 6.07 Å². The number of hydrogen-bond acceptors (Lipinski definition) is 9. The molecule has 3 aliphatic rings. The summed E-state index contributed by atoms with van der Waals surface area (Å²) < 4.78 is 60.7. The fraction of sp³-hybridized carbons (Fsp3) is 0.379. The van der Waals surface area contributed by atoms with E-state index in [1.807, 2.05) is 0 Å². The molecule has 0 unspecified atom stereocenters. The van der Waals surface area contributed by atoms with Crippen molar-refractivity contribution in [2.75, 3.05) is 12.0 Å². The normalized spacial score (nSPS) is 21.9. The van der Waals surface area contributed by atoms with E-state index in [2.05, 4.69) is 15.0 Å². The average molecular weight is 584 g/mol. The lowest BCUT2D eigenvalue weighted by molar-refractivity contribution is 0.0202. The van der Waals surface area contributed by atoms with Crippen LogP contribution in [0, 0.1) is 17.5 Å². The van der Waals surface area contributed by atoms with Crippen molar-refractivity contribution in [3.63, 3.8) is 0 Å². The predicted molar refractivity (Wildman–Crippen MR) is 142 cm³/mol. The molecule has 1 aliphatic carbocycles. The molecule has 2 aromatic heterocycles. The van der Waals surface area contributed by atoms with Crippen LogP contribution < -0.4 is 4.90 Å². The Balaban J connectivity index is 1.13. The fourth-order valence-corrected chi connectivity index (χ4v) is 7.25. The molecule has 8 nitrogen and oxygen atoms in total. The molecule has 1 saturated carbocycles. The number of piperidine rings is 1. The molecule has 2 bridgehead atoms. The topological polar surface area (TPSA) is 94.8 Å². The largest absolute Gasteiger partial charge is 0.465 e. The van der Waals surface area contributed by atoms with E-state index in [4.69, 9.17) is 14.0 Å². The Bertz CT molecular complexity index is 1670. The monoisotopic (exact) mass is 583 g/mol. The van der Waals surface area contributed by atoms with Crippen molar-refractivity contribution in [3.05, 3.63) is 64.7 Å². The maximum absolute atomic E-state index is 14.8. The highest BCUT2D eigenvalue weighted by molar-refractivity contribution is 7.22. The van der Waals surface area contributed by atoms with Crippen molar-refractivity contribution in [1.29, 1.82) is 0 Å². The molecule has 212 valence electrons. The first-order valence-electron chi connectivity index (χ1n) is 13.4. The van der Waals surface area contributed by atoms with Gasteiger partial charge >= 0.3 is 11.9 Å². The van der Waals surface area contributed by atoms with Crippen LogP contribution in [-0.2, 0) is 9.47 Å². The number of carbonyl (C=O) groups excluding carboxylic acids is 2. The lowest BCUT2D eigenvalue weighted by Crippen LogP contribution is -2.46. The molecular weight excluding hydrogens is 559 g/mol. The van der Waals surface area contributed by atoms with Crippen molar-refractivity contribution >= 4 is 38.6 Å². The zero-order valence-electron chi connectivity index (χ0n) is 21.9. The second kappa shape index (κ2) is 9.86. The van der Waals surface area contributed by atoms with Crippen molar-refractivity contribution < 1.29 is 36.8 Å². The third-order valence-electron chi connectivity index (χ3n) is 8.11. The van der Waals surface area contributed by atoms with Crippen LogP contribution in [0.1, 0.15) is 70.9 Å². The van der Waals surface area contributed by atoms with Crippen molar-refractivity contribution in [2.45, 2.75) is 62.6 Å². The van der Waals surface area contributed by atoms with E-state index in [-0.39, 0.29) is 40.3 Å². The molecule has 12 heteroatoms. The van der Waals surface area contributed by atoms with Crippen LogP contribution in [0.2, 0.25) is 0 Å². The summed E-state index contributed by atoms with van der Waals surface area (Å²) in [6.07, 6.45) is 3.87. The zero-order valence-corrected chi connectivity index (χ0v) is 22.7. The maximum atomic E-state index is 14.8. The number of methoxy groups -OCH3 is 1. The molecule has 4 aromatic rings. The fourth-order valence-electron chi connectivity index (χ4n) is 6.09. The van der Waals surface area contributed by atoms with Gasteiger partial charge in [0.1, 0.15) is 34.5 Å². The van der Waals surface area contributed by atoms with Crippen LogP contribution in [0.25, 0.3) is 21.5 Å². The molecule has 0 amide bonds. The molecule has 2 aliphatic heterocycles. The molecule has 0 N–H and O–H groups in total. The number of carbonyl (C=O) groups is 2. The highest BCUT2D eigenvalue weighted by atomic mass is 32.1. The molecule has 4 heterocycles. The molecule has 41 heavy (non-hydrogen) atoms. The van der Waals surface area contributed by atoms with Crippen LogP contribution in [0.3, 0.4) is 0 Å². The van der Waals surface area contributed by atoms with Gasteiger partial charge in [-0.05, 0) is 49.9 Å². The summed E-state index contributed by atoms with van der Waals surface area (Å²) in [6, 6.07) is 6.17. The standard InChI is InChI=1S/C29H24F3N3O5S/c1-38-27(36)14-9-20(32)24-21(10-14)41-29(33-24)35-15-7-8-16(35)12-17(11-15)39-28(37)23-25(34-40-26(23)13-5-6-13)22-18(30)3-2-4-19(22)31/h2-4,9-10,13,15-17H,5-8,11-12H2,1H3/t15-,16+,17-. The van der Waals surface area contributed by atoms with E-state index < -0.39 is 41.1 Å². The number of nitrogens with zero attached hydrogens (tertiary/aromatic N) is 3. The number of anilines is 1. The molecule has 2 saturated heterocycles. The van der Waals surface area contributed by atoms with Crippen LogP contribution in [0.5, 0.6) is 0 Å². The van der Waals surface area contributed by atoms with Gasteiger partial charge in [0.25, 0.3) is 0 Å². The minimum absolute atomic E-state index is 0.00381. The number of esters is 2. The summed E-state index contributed by atoms with van der Waals surface area (Å²) in [5, 5.41) is 4.54. The highest BCUT2D eigenvalue weighted by Crippen LogP contribution is 2.46. The Labute approximate surface area is 236 Å². The summed E-state index contributed by atoms with van der Waals surface area (Å²) >= 11 is 1.30. The second-order valence-electron chi connectivity index (χ2n) is 10.7. The van der Waals surface area contributed by atoms with Gasteiger partial charge in [-0.25, -0.2) is 27.7 Å². The lowest BCUT2D eigenvalue weighted by atomic mass is 9.99. The van der Waals surface area contributed by atoms with Gasteiger partial charge in [-0.3, -0.25) is 0 Å². The Morgan fingerprint density at radius 1 is 1.00 bits per heavy atom. The number of halogens is 3. The van der Waals surface area contributed by atoms with E-state index in [1.165, 1.54) is 24.5 Å². The summed E-state index contributed by atoms with van der Waals surface area (Å²) in [5.74, 6) is -3.34. The van der Waals surface area contributed by atoms with Crippen molar-refractivity contribution in [2.24, 2.45) is 0 Å². The van der Waals surface area contributed by atoms with Gasteiger partial charge in [0.05, 0.1) is 22.9 Å². The van der Waals surface area contributed by atoms with E-state index >= 15 is 0 Å². The highest BCUT2D eigenvalue weighted by Gasteiger charge is 2.45. The summed E-state index contributed by atoms with van der Waals surface area (Å²) in [6.45, 7) is 0. The maximum Gasteiger partial charge on any atom is 0.344 e. The minimum Gasteiger partial charge on any atom is -0.465 e. The van der Waals surface area contributed by atoms with Crippen LogP contribution in [-0.4, -0.2) is 47.4 Å². The number of fused-ring (bicyclic) bond motifs is 3. The molecule has 2 aromatic carbocycles. The molecular formula is C29H24F3N3O5S. The van der Waals surface area contributed by atoms with Crippen molar-refractivity contribution in [1.82, 2.24) is 10.1 Å². The number of aromatic nitrogens is 2. The molecule has 0 radical (unpaired) electrons. The third-order valence-corrected chi connectivity index (χ3v) is 9.13. The van der Waals surface area contributed by atoms with E-state index in [9.17, 15) is 22.8 Å². The number of ether oxygens (including phenoxy) is 2. The Kier molecular flexibility index (Phi) is 6.25. The van der Waals surface area contributed by atoms with E-state index in [0.29, 0.717) is 28.4 Å². The van der Waals surface area contributed by atoms with Gasteiger partial charge in [0, 0.05) is 30.8 Å². The third kappa shape index (κ3) is 4.44. The Morgan fingerprint density at radius 2 is 1.71 bits per heavy atom. The SMILES string of the molecule is COC(=O)c1cc(F)c2nc(N3[C@@H]4CC[C@H]3C[C@H](OC(=O)c3c(-c5c(F)cccc5F)noc3C3CC3)C4)sc2c1. The molecule has 0 spiro atoms. The van der Waals surface area contributed by atoms with E-state index in [0.717, 1.165) is 43.9 Å². The smallest absolute Gasteiger partial charge is 0.344 e. The number of benzene rings is 2. The first-order chi connectivity index (χ1) is 19.8. The molecule has 3 fully saturated rings. The Hall–Kier alpha value is -3.93. The number of thiazole rings is 1. The number of hydrogen-bond donors (Lipinski definition) is 0. The lowest BCUT2D eigenvalue weighted by Gasteiger charge is -2.38. The number of rotatable bonds is 6. The van der Waals surface area contributed by atoms with Gasteiger partial charge in [-0.15, -0.1) is 0 Å². The van der Waals surface area contributed by atoms with Crippen LogP contribution >= 0.6 is 11.3 Å². The van der Waals surface area contributed by atoms with Gasteiger partial charge < -0.3 is 18.9 Å². The molecule has 3 atom stereocenters. The van der Waals surface area contributed by atoms with Gasteiger partial charge in [0.15, 0.2) is 16.7 Å². The second-order valence-corrected chi connectivity index (χ2v) is 11.7. The summed E-state index contributed by atoms with van der Waals surface area (Å²) in [4.78, 5) is 32.2. The minimum atomic E-state index is -0.841. The predicted octanol–water partition coefficient (Wildman–Crippen LogP) is 6.39. The summed E-state index contributed by atoms with van der Waals surface area (Å²) in [7, 11) is 1.24. The van der Waals surface area contributed by atoms with Crippen molar-refractivity contribution in [3.8, 4) is 11.3 Å². The summed E-state index contributed by atoms with van der Waals surface area (Å²) in [5.41, 5.74) is -0.303. The van der Waals surface area contributed by atoms with Crippen LogP contribution in [0.4, 0.5) is 18.3 Å².